The van der Waals surface area contributed by atoms with Crippen molar-refractivity contribution in [1.29, 1.82) is 0 Å². The second-order valence-corrected chi connectivity index (χ2v) is 4.62. The maximum Gasteiger partial charge on any atom is 0.416 e. The fourth-order valence-electron chi connectivity index (χ4n) is 1.97. The SMILES string of the molecule is CCOC(O)Nc1ccc(C(F)(F)F)cc1C1=CC1C. The van der Waals surface area contributed by atoms with Crippen LogP contribution in [0.4, 0.5) is 18.9 Å². The number of nitrogens with one attached hydrogen (secondary N) is 1. The molecule has 1 aliphatic rings. The summed E-state index contributed by atoms with van der Waals surface area (Å²) in [6, 6.07) is 3.39. The van der Waals surface area contributed by atoms with Gasteiger partial charge in [-0.15, -0.1) is 0 Å². The van der Waals surface area contributed by atoms with Gasteiger partial charge in [0.05, 0.1) is 5.56 Å². The lowest BCUT2D eigenvalue weighted by Crippen LogP contribution is -2.23. The Morgan fingerprint density at radius 3 is 2.55 bits per heavy atom. The standard InChI is InChI=1S/C14H16F3NO2/c1-3-20-13(19)18-12-5-4-9(14(15,16)17)7-11(12)10-6-8(10)2/h4-8,13,18-19H,3H2,1-2H3. The lowest BCUT2D eigenvalue weighted by atomic mass is 10.0. The normalized spacial score (nSPS) is 19.5. The van der Waals surface area contributed by atoms with E-state index in [1.165, 1.54) is 6.07 Å². The van der Waals surface area contributed by atoms with Crippen LogP contribution in [0.1, 0.15) is 25.0 Å². The Morgan fingerprint density at radius 2 is 2.05 bits per heavy atom. The Morgan fingerprint density at radius 1 is 1.40 bits per heavy atom. The number of allylic oxidation sites excluding steroid dienone is 2. The first-order valence-corrected chi connectivity index (χ1v) is 6.32. The quantitative estimate of drug-likeness (QED) is 0.815. The van der Waals surface area contributed by atoms with E-state index >= 15 is 0 Å². The van der Waals surface area contributed by atoms with Crippen LogP contribution in [0.25, 0.3) is 5.57 Å². The number of benzene rings is 1. The van der Waals surface area contributed by atoms with Crippen molar-refractivity contribution in [3.63, 3.8) is 0 Å². The smallest absolute Gasteiger partial charge is 0.351 e. The number of rotatable bonds is 5. The highest BCUT2D eigenvalue weighted by molar-refractivity contribution is 5.87. The molecule has 20 heavy (non-hydrogen) atoms. The highest BCUT2D eigenvalue weighted by Gasteiger charge is 2.33. The molecule has 1 aromatic rings. The van der Waals surface area contributed by atoms with Gasteiger partial charge in [-0.25, -0.2) is 0 Å². The highest BCUT2D eigenvalue weighted by atomic mass is 19.4. The average Bonchev–Trinajstić information content (AvgIpc) is 3.05. The van der Waals surface area contributed by atoms with Crippen molar-refractivity contribution in [2.24, 2.45) is 5.92 Å². The van der Waals surface area contributed by atoms with Crippen LogP contribution in [-0.2, 0) is 10.9 Å². The second-order valence-electron chi connectivity index (χ2n) is 4.62. The minimum absolute atomic E-state index is 0.156. The summed E-state index contributed by atoms with van der Waals surface area (Å²) < 4.78 is 43.2. The Hall–Kier alpha value is -1.53. The van der Waals surface area contributed by atoms with Gasteiger partial charge in [-0.3, -0.25) is 0 Å². The molecule has 0 saturated carbocycles. The van der Waals surface area contributed by atoms with E-state index in [2.05, 4.69) is 5.32 Å². The Bertz CT molecular complexity index is 526. The molecule has 0 saturated heterocycles. The van der Waals surface area contributed by atoms with Crippen molar-refractivity contribution in [2.45, 2.75) is 26.4 Å². The number of anilines is 1. The maximum absolute atomic E-state index is 12.7. The molecule has 0 fully saturated rings. The van der Waals surface area contributed by atoms with Gasteiger partial charge < -0.3 is 15.2 Å². The summed E-state index contributed by atoms with van der Waals surface area (Å²) in [6.07, 6.45) is -3.76. The lowest BCUT2D eigenvalue weighted by Gasteiger charge is -2.18. The lowest BCUT2D eigenvalue weighted by molar-refractivity contribution is -0.137. The number of alkyl halides is 3. The molecule has 0 aromatic heterocycles. The molecular formula is C14H16F3NO2. The number of ether oxygens (including phenoxy) is 1. The van der Waals surface area contributed by atoms with Gasteiger partial charge in [-0.05, 0) is 36.6 Å². The Balaban J connectivity index is 2.30. The molecule has 1 aliphatic carbocycles. The molecule has 6 heteroatoms. The summed E-state index contributed by atoms with van der Waals surface area (Å²) in [6.45, 7) is 3.91. The zero-order valence-electron chi connectivity index (χ0n) is 11.2. The van der Waals surface area contributed by atoms with Crippen molar-refractivity contribution in [2.75, 3.05) is 11.9 Å². The summed E-state index contributed by atoms with van der Waals surface area (Å²) in [4.78, 5) is 0. The molecule has 1 aromatic carbocycles. The fraction of sp³-hybridized carbons (Fsp3) is 0.429. The maximum atomic E-state index is 12.7. The van der Waals surface area contributed by atoms with Crippen molar-refractivity contribution in [3.8, 4) is 0 Å². The molecule has 2 atom stereocenters. The van der Waals surface area contributed by atoms with Crippen LogP contribution in [-0.4, -0.2) is 18.1 Å². The topological polar surface area (TPSA) is 41.5 Å². The molecule has 3 nitrogen and oxygen atoms in total. The van der Waals surface area contributed by atoms with Crippen LogP contribution in [0.15, 0.2) is 24.3 Å². The van der Waals surface area contributed by atoms with Crippen LogP contribution in [0, 0.1) is 5.92 Å². The zero-order valence-corrected chi connectivity index (χ0v) is 11.2. The Kier molecular flexibility index (Phi) is 4.06. The summed E-state index contributed by atoms with van der Waals surface area (Å²) in [7, 11) is 0. The third-order valence-corrected chi connectivity index (χ3v) is 3.07. The molecule has 2 rings (SSSR count). The van der Waals surface area contributed by atoms with Crippen LogP contribution < -0.4 is 5.32 Å². The summed E-state index contributed by atoms with van der Waals surface area (Å²) in [5.41, 5.74) is 1.01. The van der Waals surface area contributed by atoms with Gasteiger partial charge in [0.25, 0.3) is 0 Å². The summed E-state index contributed by atoms with van der Waals surface area (Å²) in [5.74, 6) is 0.156. The first-order valence-electron chi connectivity index (χ1n) is 6.32. The first-order chi connectivity index (χ1) is 9.32. The van der Waals surface area contributed by atoms with E-state index in [0.29, 0.717) is 17.9 Å². The molecule has 2 N–H and O–H groups in total. The van der Waals surface area contributed by atoms with Gasteiger partial charge >= 0.3 is 6.18 Å². The van der Waals surface area contributed by atoms with E-state index in [9.17, 15) is 18.3 Å². The highest BCUT2D eigenvalue weighted by Crippen LogP contribution is 2.43. The van der Waals surface area contributed by atoms with Gasteiger partial charge in [0, 0.05) is 17.9 Å². The third kappa shape index (κ3) is 3.32. The van der Waals surface area contributed by atoms with Crippen molar-refractivity contribution in [3.05, 3.63) is 35.4 Å². The van der Waals surface area contributed by atoms with Gasteiger partial charge in [0.15, 0.2) is 0 Å². The van der Waals surface area contributed by atoms with Crippen LogP contribution in [0.2, 0.25) is 0 Å². The number of halogens is 3. The zero-order chi connectivity index (χ0) is 14.9. The summed E-state index contributed by atoms with van der Waals surface area (Å²) >= 11 is 0. The minimum Gasteiger partial charge on any atom is -0.351 e. The van der Waals surface area contributed by atoms with E-state index < -0.39 is 18.2 Å². The van der Waals surface area contributed by atoms with E-state index in [1.807, 2.05) is 13.0 Å². The summed E-state index contributed by atoms with van der Waals surface area (Å²) in [5, 5.41) is 12.2. The van der Waals surface area contributed by atoms with E-state index in [1.54, 1.807) is 6.92 Å². The molecule has 0 amide bonds. The van der Waals surface area contributed by atoms with E-state index in [4.69, 9.17) is 4.74 Å². The van der Waals surface area contributed by atoms with Gasteiger partial charge in [0.1, 0.15) is 0 Å². The number of aliphatic hydroxyl groups is 1. The van der Waals surface area contributed by atoms with Crippen LogP contribution >= 0.6 is 0 Å². The number of aliphatic hydroxyl groups excluding tert-OH is 1. The predicted molar refractivity (Wildman–Crippen MR) is 69.8 cm³/mol. The molecule has 0 bridgehead atoms. The van der Waals surface area contributed by atoms with Crippen LogP contribution in [0.5, 0.6) is 0 Å². The number of hydrogen-bond acceptors (Lipinski definition) is 3. The average molecular weight is 287 g/mol. The molecule has 110 valence electrons. The van der Waals surface area contributed by atoms with Crippen molar-refractivity contribution < 1.29 is 23.0 Å². The largest absolute Gasteiger partial charge is 0.416 e. The molecule has 0 heterocycles. The monoisotopic (exact) mass is 287 g/mol. The van der Waals surface area contributed by atoms with E-state index in [-0.39, 0.29) is 5.92 Å². The fourth-order valence-corrected chi connectivity index (χ4v) is 1.97. The van der Waals surface area contributed by atoms with Crippen LogP contribution in [0.3, 0.4) is 0 Å². The first kappa shape index (κ1) is 14.9. The van der Waals surface area contributed by atoms with Gasteiger partial charge in [-0.2, -0.15) is 13.2 Å². The van der Waals surface area contributed by atoms with Gasteiger partial charge in [-0.1, -0.05) is 13.0 Å². The molecular weight excluding hydrogens is 271 g/mol. The van der Waals surface area contributed by atoms with Crippen molar-refractivity contribution >= 4 is 11.3 Å². The molecule has 0 aliphatic heterocycles. The molecule has 0 radical (unpaired) electrons. The minimum atomic E-state index is -4.38. The van der Waals surface area contributed by atoms with Gasteiger partial charge in [0.2, 0.25) is 6.41 Å². The third-order valence-electron chi connectivity index (χ3n) is 3.07. The predicted octanol–water partition coefficient (Wildman–Crippen LogP) is 3.46. The molecule has 0 spiro atoms. The number of hydrogen-bond donors (Lipinski definition) is 2. The van der Waals surface area contributed by atoms with Crippen molar-refractivity contribution in [1.82, 2.24) is 0 Å². The Labute approximate surface area is 115 Å². The van der Waals surface area contributed by atoms with E-state index in [0.717, 1.165) is 17.7 Å². The second kappa shape index (κ2) is 5.46. The molecule has 2 unspecified atom stereocenters.